The van der Waals surface area contributed by atoms with Crippen LogP contribution in [0.5, 0.6) is 0 Å². The second-order valence-electron chi connectivity index (χ2n) is 7.39. The summed E-state index contributed by atoms with van der Waals surface area (Å²) in [5, 5.41) is 3.76. The molecule has 116 valence electrons. The molecule has 0 bridgehead atoms. The van der Waals surface area contributed by atoms with Gasteiger partial charge in [0.05, 0.1) is 6.61 Å². The van der Waals surface area contributed by atoms with Gasteiger partial charge in [0.2, 0.25) is 0 Å². The van der Waals surface area contributed by atoms with E-state index < -0.39 is 0 Å². The van der Waals surface area contributed by atoms with Gasteiger partial charge in [-0.05, 0) is 39.7 Å². The molecule has 1 N–H and O–H groups in total. The highest BCUT2D eigenvalue weighted by Crippen LogP contribution is 2.32. The molecule has 2 aliphatic heterocycles. The Bertz CT molecular complexity index is 313. The van der Waals surface area contributed by atoms with E-state index in [0.717, 1.165) is 25.8 Å². The number of hydrogen-bond acceptors (Lipinski definition) is 4. The predicted molar refractivity (Wildman–Crippen MR) is 82.0 cm³/mol. The van der Waals surface area contributed by atoms with Gasteiger partial charge in [-0.15, -0.1) is 0 Å². The van der Waals surface area contributed by atoms with Crippen LogP contribution in [0.4, 0.5) is 0 Å². The molecule has 4 heteroatoms. The summed E-state index contributed by atoms with van der Waals surface area (Å²) >= 11 is 0. The van der Waals surface area contributed by atoms with Crippen LogP contribution < -0.4 is 5.32 Å². The third-order valence-corrected chi connectivity index (χ3v) is 5.25. The Kier molecular flexibility index (Phi) is 4.65. The third-order valence-electron chi connectivity index (χ3n) is 5.25. The van der Waals surface area contributed by atoms with Gasteiger partial charge in [-0.25, -0.2) is 0 Å². The molecule has 0 spiro atoms. The van der Waals surface area contributed by atoms with Crippen LogP contribution in [0.25, 0.3) is 0 Å². The van der Waals surface area contributed by atoms with Crippen LogP contribution in [0.1, 0.15) is 32.6 Å². The fraction of sp³-hybridized carbons (Fsp3) is 1.00. The van der Waals surface area contributed by atoms with Crippen molar-refractivity contribution < 1.29 is 4.74 Å². The lowest BCUT2D eigenvalue weighted by molar-refractivity contribution is -0.0411. The predicted octanol–water partition coefficient (Wildman–Crippen LogP) is 1.17. The average molecular weight is 281 g/mol. The monoisotopic (exact) mass is 281 g/mol. The summed E-state index contributed by atoms with van der Waals surface area (Å²) in [5.74, 6) is 0. The SMILES string of the molecule is CC1CN(C)CCN1CC1(CNC2CC2)CCCOC1. The highest BCUT2D eigenvalue weighted by atomic mass is 16.5. The largest absolute Gasteiger partial charge is 0.381 e. The molecular weight excluding hydrogens is 250 g/mol. The minimum Gasteiger partial charge on any atom is -0.381 e. The normalized spacial score (nSPS) is 37.2. The maximum Gasteiger partial charge on any atom is 0.0546 e. The summed E-state index contributed by atoms with van der Waals surface area (Å²) in [6.45, 7) is 10.3. The summed E-state index contributed by atoms with van der Waals surface area (Å²) in [5.41, 5.74) is 0.352. The van der Waals surface area contributed by atoms with Crippen LogP contribution in [0.2, 0.25) is 0 Å². The first-order chi connectivity index (χ1) is 9.67. The summed E-state index contributed by atoms with van der Waals surface area (Å²) in [6.07, 6.45) is 5.31. The van der Waals surface area contributed by atoms with E-state index in [4.69, 9.17) is 4.74 Å². The molecule has 3 aliphatic rings. The first kappa shape index (κ1) is 14.8. The van der Waals surface area contributed by atoms with E-state index in [9.17, 15) is 0 Å². The Balaban J connectivity index is 1.59. The van der Waals surface area contributed by atoms with Crippen molar-refractivity contribution in [2.75, 3.05) is 53.0 Å². The number of ether oxygens (including phenoxy) is 1. The van der Waals surface area contributed by atoms with Crippen LogP contribution in [0.3, 0.4) is 0 Å². The second-order valence-corrected chi connectivity index (χ2v) is 7.39. The van der Waals surface area contributed by atoms with Gasteiger partial charge in [0.25, 0.3) is 0 Å². The molecule has 2 saturated heterocycles. The first-order valence-corrected chi connectivity index (χ1v) is 8.41. The number of piperazine rings is 1. The molecule has 0 amide bonds. The standard InChI is InChI=1S/C16H31N3O/c1-14-10-18(2)7-8-19(14)12-16(6-3-9-20-13-16)11-17-15-4-5-15/h14-15,17H,3-13H2,1-2H3. The Hall–Kier alpha value is -0.160. The van der Waals surface area contributed by atoms with Gasteiger partial charge in [0, 0.05) is 56.8 Å². The molecule has 0 aromatic rings. The fourth-order valence-corrected chi connectivity index (χ4v) is 3.72. The molecule has 0 aromatic heterocycles. The lowest BCUT2D eigenvalue weighted by atomic mass is 9.81. The Morgan fingerprint density at radius 3 is 2.80 bits per heavy atom. The van der Waals surface area contributed by atoms with Crippen molar-refractivity contribution >= 4 is 0 Å². The first-order valence-electron chi connectivity index (χ1n) is 8.41. The van der Waals surface area contributed by atoms with Gasteiger partial charge in [-0.1, -0.05) is 0 Å². The van der Waals surface area contributed by atoms with Gasteiger partial charge in [0.1, 0.15) is 0 Å². The molecule has 1 saturated carbocycles. The van der Waals surface area contributed by atoms with Crippen molar-refractivity contribution in [1.29, 1.82) is 0 Å². The van der Waals surface area contributed by atoms with E-state index >= 15 is 0 Å². The van der Waals surface area contributed by atoms with Crippen molar-refractivity contribution in [2.45, 2.75) is 44.7 Å². The topological polar surface area (TPSA) is 27.7 Å². The molecule has 0 aromatic carbocycles. The molecule has 2 atom stereocenters. The van der Waals surface area contributed by atoms with Crippen molar-refractivity contribution in [1.82, 2.24) is 15.1 Å². The Morgan fingerprint density at radius 1 is 1.30 bits per heavy atom. The van der Waals surface area contributed by atoms with E-state index in [1.54, 1.807) is 0 Å². The highest BCUT2D eigenvalue weighted by Gasteiger charge is 2.38. The fourth-order valence-electron chi connectivity index (χ4n) is 3.72. The van der Waals surface area contributed by atoms with Crippen LogP contribution in [-0.4, -0.2) is 74.9 Å². The Morgan fingerprint density at radius 2 is 2.15 bits per heavy atom. The van der Waals surface area contributed by atoms with Crippen molar-refractivity contribution in [3.8, 4) is 0 Å². The van der Waals surface area contributed by atoms with E-state index in [1.807, 2.05) is 0 Å². The summed E-state index contributed by atoms with van der Waals surface area (Å²) in [4.78, 5) is 5.15. The van der Waals surface area contributed by atoms with E-state index in [2.05, 4.69) is 29.1 Å². The zero-order valence-corrected chi connectivity index (χ0v) is 13.2. The van der Waals surface area contributed by atoms with Gasteiger partial charge >= 0.3 is 0 Å². The number of rotatable bonds is 5. The molecule has 3 fully saturated rings. The maximum atomic E-state index is 5.86. The zero-order chi connectivity index (χ0) is 14.0. The number of likely N-dealkylation sites (N-methyl/N-ethyl adjacent to an activating group) is 1. The molecule has 20 heavy (non-hydrogen) atoms. The summed E-state index contributed by atoms with van der Waals surface area (Å²) in [7, 11) is 2.24. The molecule has 2 unspecified atom stereocenters. The van der Waals surface area contributed by atoms with Crippen molar-refractivity contribution in [3.05, 3.63) is 0 Å². The number of nitrogens with one attached hydrogen (secondary N) is 1. The van der Waals surface area contributed by atoms with Crippen LogP contribution in [0.15, 0.2) is 0 Å². The smallest absolute Gasteiger partial charge is 0.0546 e. The quantitative estimate of drug-likeness (QED) is 0.819. The molecule has 2 heterocycles. The summed E-state index contributed by atoms with van der Waals surface area (Å²) < 4.78 is 5.86. The molecule has 3 rings (SSSR count). The lowest BCUT2D eigenvalue weighted by Gasteiger charge is -2.46. The van der Waals surface area contributed by atoms with Crippen molar-refractivity contribution in [2.24, 2.45) is 5.41 Å². The zero-order valence-electron chi connectivity index (χ0n) is 13.2. The van der Waals surface area contributed by atoms with E-state index in [1.165, 1.54) is 51.9 Å². The molecule has 1 aliphatic carbocycles. The number of hydrogen-bond donors (Lipinski definition) is 1. The lowest BCUT2D eigenvalue weighted by Crippen LogP contribution is -2.57. The average Bonchev–Trinajstić information content (AvgIpc) is 3.25. The van der Waals surface area contributed by atoms with Crippen LogP contribution in [-0.2, 0) is 4.74 Å². The maximum absolute atomic E-state index is 5.86. The highest BCUT2D eigenvalue weighted by molar-refractivity contribution is 4.93. The van der Waals surface area contributed by atoms with Gasteiger partial charge in [-0.2, -0.15) is 0 Å². The van der Waals surface area contributed by atoms with Crippen molar-refractivity contribution in [3.63, 3.8) is 0 Å². The van der Waals surface area contributed by atoms with Gasteiger partial charge in [-0.3, -0.25) is 4.90 Å². The number of nitrogens with zero attached hydrogens (tertiary/aromatic N) is 2. The van der Waals surface area contributed by atoms with Gasteiger partial charge in [0.15, 0.2) is 0 Å². The van der Waals surface area contributed by atoms with Gasteiger partial charge < -0.3 is 15.0 Å². The third kappa shape index (κ3) is 3.73. The molecule has 4 nitrogen and oxygen atoms in total. The second kappa shape index (κ2) is 6.30. The van der Waals surface area contributed by atoms with Crippen LogP contribution in [0, 0.1) is 5.41 Å². The minimum atomic E-state index is 0.352. The molecule has 0 radical (unpaired) electrons. The van der Waals surface area contributed by atoms with Crippen LogP contribution >= 0.6 is 0 Å². The minimum absolute atomic E-state index is 0.352. The molecular formula is C16H31N3O. The Labute approximate surface area is 123 Å². The van der Waals surface area contributed by atoms with E-state index in [-0.39, 0.29) is 0 Å². The summed E-state index contributed by atoms with van der Waals surface area (Å²) in [6, 6.07) is 1.48. The van der Waals surface area contributed by atoms with E-state index in [0.29, 0.717) is 11.5 Å².